The van der Waals surface area contributed by atoms with Gasteiger partial charge in [0.25, 0.3) is 5.91 Å². The Labute approximate surface area is 119 Å². The maximum absolute atomic E-state index is 12.2. The van der Waals surface area contributed by atoms with E-state index in [0.29, 0.717) is 0 Å². The molecule has 0 atom stereocenters. The van der Waals surface area contributed by atoms with Gasteiger partial charge in [0.15, 0.2) is 6.61 Å². The van der Waals surface area contributed by atoms with E-state index in [9.17, 15) is 18.0 Å². The van der Waals surface area contributed by atoms with E-state index in [4.69, 9.17) is 0 Å². The van der Waals surface area contributed by atoms with Gasteiger partial charge >= 0.3 is 6.18 Å². The number of ether oxygens (including phenoxy) is 1. The van der Waals surface area contributed by atoms with Crippen LogP contribution in [0.5, 0.6) is 5.88 Å². The minimum absolute atomic E-state index is 0.00872. The Morgan fingerprint density at radius 1 is 1.43 bits per heavy atom. The number of carbonyl (C=O) groups is 1. The molecule has 1 aromatic rings. The minimum atomic E-state index is -4.47. The smallest absolute Gasteiger partial charge is 0.422 e. The first-order chi connectivity index (χ1) is 9.96. The van der Waals surface area contributed by atoms with Crippen molar-refractivity contribution in [1.29, 1.82) is 0 Å². The lowest BCUT2D eigenvalue weighted by molar-refractivity contribution is -0.154. The molecule has 0 saturated carbocycles. The quantitative estimate of drug-likeness (QED) is 0.885. The van der Waals surface area contributed by atoms with Crippen LogP contribution in [0.1, 0.15) is 23.2 Å². The van der Waals surface area contributed by atoms with E-state index in [1.165, 1.54) is 18.3 Å². The molecule has 0 radical (unpaired) electrons. The van der Waals surface area contributed by atoms with Crippen molar-refractivity contribution in [3.63, 3.8) is 0 Å². The van der Waals surface area contributed by atoms with Crippen molar-refractivity contribution < 1.29 is 22.7 Å². The standard InChI is InChI=1S/C13H16F3N3O2/c14-13(15,16)8-21-12-10(2-1-5-18-12)11(20)19-9-3-6-17-7-4-9/h1-2,5,9,17H,3-4,6-8H2,(H,19,20). The lowest BCUT2D eigenvalue weighted by atomic mass is 10.1. The van der Waals surface area contributed by atoms with Gasteiger partial charge in [-0.2, -0.15) is 13.2 Å². The molecule has 2 heterocycles. The number of nitrogens with one attached hydrogen (secondary N) is 2. The fourth-order valence-electron chi connectivity index (χ4n) is 2.06. The van der Waals surface area contributed by atoms with E-state index in [1.54, 1.807) is 0 Å². The summed E-state index contributed by atoms with van der Waals surface area (Å²) >= 11 is 0. The largest absolute Gasteiger partial charge is 0.467 e. The monoisotopic (exact) mass is 303 g/mol. The molecule has 21 heavy (non-hydrogen) atoms. The molecule has 0 unspecified atom stereocenters. The van der Waals surface area contributed by atoms with Crippen LogP contribution in [0.15, 0.2) is 18.3 Å². The average molecular weight is 303 g/mol. The summed E-state index contributed by atoms with van der Waals surface area (Å²) in [7, 11) is 0. The van der Waals surface area contributed by atoms with Crippen molar-refractivity contribution in [2.24, 2.45) is 0 Å². The Bertz CT molecular complexity index is 488. The van der Waals surface area contributed by atoms with Gasteiger partial charge < -0.3 is 15.4 Å². The number of rotatable bonds is 4. The summed E-state index contributed by atoms with van der Waals surface area (Å²) < 4.78 is 41.2. The average Bonchev–Trinajstić information content (AvgIpc) is 2.46. The molecular formula is C13H16F3N3O2. The highest BCUT2D eigenvalue weighted by Crippen LogP contribution is 2.20. The summed E-state index contributed by atoms with van der Waals surface area (Å²) in [4.78, 5) is 15.8. The molecule has 0 bridgehead atoms. The zero-order valence-corrected chi connectivity index (χ0v) is 11.2. The van der Waals surface area contributed by atoms with Crippen LogP contribution in [0.4, 0.5) is 13.2 Å². The third kappa shape index (κ3) is 4.89. The zero-order valence-electron chi connectivity index (χ0n) is 11.2. The molecule has 1 amide bonds. The van der Waals surface area contributed by atoms with Gasteiger partial charge in [-0.1, -0.05) is 0 Å². The second kappa shape index (κ2) is 6.75. The zero-order chi connectivity index (χ0) is 15.3. The molecule has 1 fully saturated rings. The predicted octanol–water partition coefficient (Wildman–Crippen LogP) is 1.50. The van der Waals surface area contributed by atoms with Crippen LogP contribution >= 0.6 is 0 Å². The van der Waals surface area contributed by atoms with Crippen molar-refractivity contribution >= 4 is 5.91 Å². The first-order valence-electron chi connectivity index (χ1n) is 6.62. The number of halogens is 3. The van der Waals surface area contributed by atoms with Crippen LogP contribution in [0.2, 0.25) is 0 Å². The van der Waals surface area contributed by atoms with E-state index in [0.717, 1.165) is 25.9 Å². The second-order valence-corrected chi connectivity index (χ2v) is 4.76. The molecule has 0 aromatic carbocycles. The summed E-state index contributed by atoms with van der Waals surface area (Å²) in [6, 6.07) is 2.89. The molecule has 1 aromatic heterocycles. The Morgan fingerprint density at radius 3 is 2.81 bits per heavy atom. The number of alkyl halides is 3. The molecule has 1 aliphatic rings. The number of hydrogen-bond donors (Lipinski definition) is 2. The first kappa shape index (κ1) is 15.6. The molecule has 0 aliphatic carbocycles. The third-order valence-electron chi connectivity index (χ3n) is 3.06. The van der Waals surface area contributed by atoms with Gasteiger partial charge in [0.05, 0.1) is 0 Å². The van der Waals surface area contributed by atoms with Crippen LogP contribution in [0.3, 0.4) is 0 Å². The number of aromatic nitrogens is 1. The van der Waals surface area contributed by atoms with Crippen molar-refractivity contribution in [1.82, 2.24) is 15.6 Å². The third-order valence-corrected chi connectivity index (χ3v) is 3.06. The fraction of sp³-hybridized carbons (Fsp3) is 0.538. The Balaban J connectivity index is 2.02. The lowest BCUT2D eigenvalue weighted by Crippen LogP contribution is -2.42. The fourth-order valence-corrected chi connectivity index (χ4v) is 2.06. The molecule has 1 aliphatic heterocycles. The topological polar surface area (TPSA) is 63.2 Å². The highest BCUT2D eigenvalue weighted by atomic mass is 19.4. The Hall–Kier alpha value is -1.83. The second-order valence-electron chi connectivity index (χ2n) is 4.76. The Morgan fingerprint density at radius 2 is 2.14 bits per heavy atom. The maximum Gasteiger partial charge on any atom is 0.422 e. The number of nitrogens with zero attached hydrogens (tertiary/aromatic N) is 1. The molecule has 1 saturated heterocycles. The first-order valence-corrected chi connectivity index (χ1v) is 6.62. The number of pyridine rings is 1. The van der Waals surface area contributed by atoms with Crippen LogP contribution in [0.25, 0.3) is 0 Å². The van der Waals surface area contributed by atoms with Gasteiger partial charge in [-0.25, -0.2) is 4.98 Å². The van der Waals surface area contributed by atoms with Crippen molar-refractivity contribution in [2.75, 3.05) is 19.7 Å². The minimum Gasteiger partial charge on any atom is -0.467 e. The van der Waals surface area contributed by atoms with Gasteiger partial charge in [0.2, 0.25) is 5.88 Å². The highest BCUT2D eigenvalue weighted by molar-refractivity contribution is 5.96. The SMILES string of the molecule is O=C(NC1CCNCC1)c1cccnc1OCC(F)(F)F. The predicted molar refractivity (Wildman–Crippen MR) is 69.1 cm³/mol. The molecular weight excluding hydrogens is 287 g/mol. The van der Waals surface area contributed by atoms with E-state index in [2.05, 4.69) is 20.4 Å². The molecule has 0 spiro atoms. The van der Waals surface area contributed by atoms with Crippen LogP contribution in [-0.4, -0.2) is 42.8 Å². The van der Waals surface area contributed by atoms with Crippen LogP contribution in [0, 0.1) is 0 Å². The normalized spacial score (nSPS) is 16.5. The van der Waals surface area contributed by atoms with Crippen molar-refractivity contribution in [3.05, 3.63) is 23.9 Å². The van der Waals surface area contributed by atoms with E-state index >= 15 is 0 Å². The van der Waals surface area contributed by atoms with E-state index < -0.39 is 18.7 Å². The molecule has 116 valence electrons. The van der Waals surface area contributed by atoms with Gasteiger partial charge in [-0.15, -0.1) is 0 Å². The van der Waals surface area contributed by atoms with Crippen molar-refractivity contribution in [2.45, 2.75) is 25.1 Å². The molecule has 2 rings (SSSR count). The lowest BCUT2D eigenvalue weighted by Gasteiger charge is -2.24. The summed E-state index contributed by atoms with van der Waals surface area (Å²) in [5, 5.41) is 5.96. The summed E-state index contributed by atoms with van der Waals surface area (Å²) in [6.07, 6.45) is -1.62. The van der Waals surface area contributed by atoms with Gasteiger partial charge in [-0.05, 0) is 38.1 Å². The van der Waals surface area contributed by atoms with Crippen molar-refractivity contribution in [3.8, 4) is 5.88 Å². The number of amides is 1. The summed E-state index contributed by atoms with van der Waals surface area (Å²) in [6.45, 7) is 0.127. The van der Waals surface area contributed by atoms with Gasteiger partial charge in [0, 0.05) is 12.2 Å². The van der Waals surface area contributed by atoms with Gasteiger partial charge in [0.1, 0.15) is 5.56 Å². The van der Waals surface area contributed by atoms with Gasteiger partial charge in [-0.3, -0.25) is 4.79 Å². The molecule has 2 N–H and O–H groups in total. The number of piperidine rings is 1. The van der Waals surface area contributed by atoms with Crippen LogP contribution < -0.4 is 15.4 Å². The van der Waals surface area contributed by atoms with E-state index in [1.807, 2.05) is 0 Å². The number of carbonyl (C=O) groups excluding carboxylic acids is 1. The molecule has 5 nitrogen and oxygen atoms in total. The highest BCUT2D eigenvalue weighted by Gasteiger charge is 2.29. The van der Waals surface area contributed by atoms with Crippen LogP contribution in [-0.2, 0) is 0 Å². The Kier molecular flexibility index (Phi) is 5.00. The molecule has 8 heteroatoms. The summed E-state index contributed by atoms with van der Waals surface area (Å²) in [5.74, 6) is -0.770. The van der Waals surface area contributed by atoms with E-state index in [-0.39, 0.29) is 17.5 Å². The summed E-state index contributed by atoms with van der Waals surface area (Å²) in [5.41, 5.74) is 0.0142. The maximum atomic E-state index is 12.2. The number of hydrogen-bond acceptors (Lipinski definition) is 4.